The zero-order chi connectivity index (χ0) is 15.8. The first-order valence-corrected chi connectivity index (χ1v) is 8.43. The Kier molecular flexibility index (Phi) is 3.64. The molecule has 0 radical (unpaired) electrons. The molecule has 0 amide bonds. The van der Waals surface area contributed by atoms with Crippen LogP contribution in [-0.2, 0) is 15.6 Å². The number of benzene rings is 1. The van der Waals surface area contributed by atoms with Gasteiger partial charge in [-0.1, -0.05) is 17.7 Å². The maximum atomic E-state index is 12.7. The first-order chi connectivity index (χ1) is 10.5. The van der Waals surface area contributed by atoms with Crippen LogP contribution in [0.2, 0.25) is 5.02 Å². The average molecular weight is 338 g/mol. The minimum absolute atomic E-state index is 0.0660. The van der Waals surface area contributed by atoms with E-state index < -0.39 is 15.6 Å². The lowest BCUT2D eigenvalue weighted by Gasteiger charge is -2.40. The second-order valence-corrected chi connectivity index (χ2v) is 7.16. The van der Waals surface area contributed by atoms with Crippen LogP contribution in [0.3, 0.4) is 0 Å². The number of sulfonamides is 1. The summed E-state index contributed by atoms with van der Waals surface area (Å²) < 4.78 is 28.0. The molecule has 7 nitrogen and oxygen atoms in total. The molecule has 0 saturated heterocycles. The number of rotatable bonds is 4. The van der Waals surface area contributed by atoms with Gasteiger partial charge in [0.1, 0.15) is 23.1 Å². The standard InChI is InChI=1S/C13H12ClN5O2S/c14-10-3-1-4-11(9(10)7-15)22(20,21)19-13(5-2-6-13)12-16-8-17-18-12/h1,3-4,8,19H,2,5-6H2,(H,16,17,18). The molecule has 2 aromatic rings. The molecule has 1 heterocycles. The molecule has 0 spiro atoms. The van der Waals surface area contributed by atoms with Crippen molar-refractivity contribution in [2.24, 2.45) is 0 Å². The van der Waals surface area contributed by atoms with Crippen molar-refractivity contribution in [3.05, 3.63) is 40.9 Å². The minimum Gasteiger partial charge on any atom is -0.262 e. The summed E-state index contributed by atoms with van der Waals surface area (Å²) in [4.78, 5) is 3.93. The van der Waals surface area contributed by atoms with Gasteiger partial charge in [0, 0.05) is 0 Å². The molecule has 1 fully saturated rings. The molecular formula is C13H12ClN5O2S. The van der Waals surface area contributed by atoms with Crippen LogP contribution in [-0.4, -0.2) is 23.6 Å². The number of hydrogen-bond acceptors (Lipinski definition) is 5. The maximum absolute atomic E-state index is 12.7. The van der Waals surface area contributed by atoms with Gasteiger partial charge < -0.3 is 0 Å². The number of nitrogens with zero attached hydrogens (tertiary/aromatic N) is 3. The summed E-state index contributed by atoms with van der Waals surface area (Å²) in [7, 11) is -3.91. The molecular weight excluding hydrogens is 326 g/mol. The lowest BCUT2D eigenvalue weighted by atomic mass is 9.77. The van der Waals surface area contributed by atoms with Crippen LogP contribution in [0.1, 0.15) is 30.7 Å². The van der Waals surface area contributed by atoms with Crippen molar-refractivity contribution in [2.75, 3.05) is 0 Å². The number of hydrogen-bond donors (Lipinski definition) is 2. The van der Waals surface area contributed by atoms with Gasteiger partial charge in [0.25, 0.3) is 0 Å². The Bertz CT molecular complexity index is 838. The van der Waals surface area contributed by atoms with Gasteiger partial charge in [-0.3, -0.25) is 5.10 Å². The van der Waals surface area contributed by atoms with Gasteiger partial charge in [-0.2, -0.15) is 15.1 Å². The Hall–Kier alpha value is -1.95. The van der Waals surface area contributed by atoms with Crippen molar-refractivity contribution in [2.45, 2.75) is 29.7 Å². The molecule has 0 aliphatic heterocycles. The smallest absolute Gasteiger partial charge is 0.242 e. The first-order valence-electron chi connectivity index (χ1n) is 6.57. The summed E-state index contributed by atoms with van der Waals surface area (Å²) in [6.07, 6.45) is 3.45. The monoisotopic (exact) mass is 337 g/mol. The van der Waals surface area contributed by atoms with E-state index in [9.17, 15) is 8.42 Å². The molecule has 0 unspecified atom stereocenters. The fraction of sp³-hybridized carbons (Fsp3) is 0.308. The second-order valence-electron chi connectivity index (χ2n) is 5.10. The van der Waals surface area contributed by atoms with Gasteiger partial charge in [0.15, 0.2) is 0 Å². The number of H-pyrrole nitrogens is 1. The fourth-order valence-corrected chi connectivity index (χ4v) is 4.38. The third-order valence-corrected chi connectivity index (χ3v) is 5.68. The van der Waals surface area contributed by atoms with E-state index in [1.165, 1.54) is 24.5 Å². The van der Waals surface area contributed by atoms with Gasteiger partial charge in [-0.15, -0.1) is 0 Å². The van der Waals surface area contributed by atoms with E-state index >= 15 is 0 Å². The molecule has 2 N–H and O–H groups in total. The van der Waals surface area contributed by atoms with Crippen LogP contribution in [0.4, 0.5) is 0 Å². The predicted octanol–water partition coefficient (Wildman–Crippen LogP) is 1.69. The molecule has 1 aliphatic carbocycles. The van der Waals surface area contributed by atoms with Gasteiger partial charge in [0.2, 0.25) is 10.0 Å². The molecule has 114 valence electrons. The summed E-state index contributed by atoms with van der Waals surface area (Å²) in [6, 6.07) is 6.18. The highest BCUT2D eigenvalue weighted by molar-refractivity contribution is 7.89. The zero-order valence-electron chi connectivity index (χ0n) is 11.4. The van der Waals surface area contributed by atoms with Crippen molar-refractivity contribution in [1.82, 2.24) is 19.9 Å². The highest BCUT2D eigenvalue weighted by Crippen LogP contribution is 2.40. The number of nitrogens with one attached hydrogen (secondary N) is 2. The second kappa shape index (κ2) is 5.35. The summed E-state index contributed by atoms with van der Waals surface area (Å²) in [6.45, 7) is 0. The highest BCUT2D eigenvalue weighted by atomic mass is 35.5. The third kappa shape index (κ3) is 2.37. The normalized spacial score (nSPS) is 16.7. The number of aromatic amines is 1. The van der Waals surface area contributed by atoms with Crippen LogP contribution in [0, 0.1) is 11.3 Å². The van der Waals surface area contributed by atoms with E-state index in [-0.39, 0.29) is 15.5 Å². The van der Waals surface area contributed by atoms with Gasteiger partial charge in [-0.25, -0.2) is 13.4 Å². The molecule has 1 aromatic carbocycles. The van der Waals surface area contributed by atoms with E-state index in [1.54, 1.807) is 0 Å². The Morgan fingerprint density at radius 1 is 1.41 bits per heavy atom. The lowest BCUT2D eigenvalue weighted by Crippen LogP contribution is -2.51. The van der Waals surface area contributed by atoms with Gasteiger partial charge in [0.05, 0.1) is 16.1 Å². The largest absolute Gasteiger partial charge is 0.262 e. The Morgan fingerprint density at radius 2 is 2.18 bits per heavy atom. The quantitative estimate of drug-likeness (QED) is 0.881. The van der Waals surface area contributed by atoms with Gasteiger partial charge in [-0.05, 0) is 31.4 Å². The van der Waals surface area contributed by atoms with Crippen LogP contribution < -0.4 is 4.72 Å². The molecule has 0 atom stereocenters. The van der Waals surface area contributed by atoms with Crippen LogP contribution >= 0.6 is 11.6 Å². The first kappa shape index (κ1) is 15.0. The summed E-state index contributed by atoms with van der Waals surface area (Å²) in [5.41, 5.74) is -0.867. The highest BCUT2D eigenvalue weighted by Gasteiger charge is 2.45. The van der Waals surface area contributed by atoms with Crippen molar-refractivity contribution in [3.63, 3.8) is 0 Å². The van der Waals surface area contributed by atoms with Crippen LogP contribution in [0.5, 0.6) is 0 Å². The molecule has 3 rings (SSSR count). The molecule has 9 heteroatoms. The SMILES string of the molecule is N#Cc1c(Cl)cccc1S(=O)(=O)NC1(c2ncn[nH]2)CCC1. The predicted molar refractivity (Wildman–Crippen MR) is 78.4 cm³/mol. The Morgan fingerprint density at radius 3 is 2.73 bits per heavy atom. The number of nitriles is 1. The number of aromatic nitrogens is 3. The van der Waals surface area contributed by atoms with E-state index in [4.69, 9.17) is 16.9 Å². The minimum atomic E-state index is -3.91. The summed E-state index contributed by atoms with van der Waals surface area (Å²) >= 11 is 5.91. The summed E-state index contributed by atoms with van der Waals surface area (Å²) in [5, 5.41) is 15.8. The van der Waals surface area contributed by atoms with Crippen molar-refractivity contribution in [3.8, 4) is 6.07 Å². The molecule has 22 heavy (non-hydrogen) atoms. The Labute approximate surface area is 132 Å². The third-order valence-electron chi connectivity index (χ3n) is 3.78. The topological polar surface area (TPSA) is 112 Å². The van der Waals surface area contributed by atoms with Crippen molar-refractivity contribution < 1.29 is 8.42 Å². The lowest BCUT2D eigenvalue weighted by molar-refractivity contribution is 0.211. The van der Waals surface area contributed by atoms with Crippen LogP contribution in [0.25, 0.3) is 0 Å². The van der Waals surface area contributed by atoms with Crippen molar-refractivity contribution >= 4 is 21.6 Å². The fourth-order valence-electron chi connectivity index (χ4n) is 2.50. The Balaban J connectivity index is 2.02. The van der Waals surface area contributed by atoms with Crippen molar-refractivity contribution in [1.29, 1.82) is 5.26 Å². The maximum Gasteiger partial charge on any atom is 0.242 e. The van der Waals surface area contributed by atoms with E-state index in [0.717, 1.165) is 6.42 Å². The molecule has 0 bridgehead atoms. The van der Waals surface area contributed by atoms with E-state index in [2.05, 4.69) is 19.9 Å². The van der Waals surface area contributed by atoms with E-state index in [0.29, 0.717) is 18.7 Å². The summed E-state index contributed by atoms with van der Waals surface area (Å²) in [5.74, 6) is 0.475. The molecule has 1 aliphatic rings. The average Bonchev–Trinajstić information content (AvgIpc) is 2.97. The zero-order valence-corrected chi connectivity index (χ0v) is 12.9. The van der Waals surface area contributed by atoms with Crippen LogP contribution in [0.15, 0.2) is 29.4 Å². The molecule has 1 saturated carbocycles. The van der Waals surface area contributed by atoms with Gasteiger partial charge >= 0.3 is 0 Å². The molecule has 1 aromatic heterocycles. The number of halogens is 1. The van der Waals surface area contributed by atoms with E-state index in [1.807, 2.05) is 6.07 Å².